The lowest BCUT2D eigenvalue weighted by Gasteiger charge is -2.45. The minimum Gasteiger partial charge on any atom is -0.396 e. The van der Waals surface area contributed by atoms with Crippen LogP contribution in [0.5, 0.6) is 0 Å². The highest BCUT2D eigenvalue weighted by atomic mass is 32.2. The molecule has 2 N–H and O–H groups in total. The third-order valence-corrected chi connectivity index (χ3v) is 5.46. The number of anilines is 1. The van der Waals surface area contributed by atoms with Crippen LogP contribution < -0.4 is 4.90 Å². The molecule has 6 nitrogen and oxygen atoms in total. The van der Waals surface area contributed by atoms with Crippen LogP contribution in [0.25, 0.3) is 0 Å². The van der Waals surface area contributed by atoms with Crippen LogP contribution in [0.2, 0.25) is 0 Å². The summed E-state index contributed by atoms with van der Waals surface area (Å²) >= 11 is 0. The Morgan fingerprint density at radius 3 is 2.65 bits per heavy atom. The normalized spacial score (nSPS) is 25.6. The molecule has 0 aromatic carbocycles. The fraction of sp³-hybridized carbons (Fsp3) is 0.688. The van der Waals surface area contributed by atoms with E-state index in [1.54, 1.807) is 18.3 Å². The van der Waals surface area contributed by atoms with E-state index in [1.165, 1.54) is 6.26 Å². The zero-order valence-electron chi connectivity index (χ0n) is 13.8. The smallest absolute Gasteiger partial charge is 0.151 e. The molecule has 0 amide bonds. The molecule has 2 rings (SSSR count). The SMILES string of the molecule is CCC[C@]1(CO)CCN(c2ccc(CS(C)(=O)=O)cn2)C[C@@H]1O. The molecule has 0 radical (unpaired) electrons. The van der Waals surface area contributed by atoms with Crippen molar-refractivity contribution in [2.24, 2.45) is 5.41 Å². The van der Waals surface area contributed by atoms with Gasteiger partial charge in [-0.1, -0.05) is 19.4 Å². The highest BCUT2D eigenvalue weighted by Crippen LogP contribution is 2.37. The summed E-state index contributed by atoms with van der Waals surface area (Å²) in [4.78, 5) is 6.31. The topological polar surface area (TPSA) is 90.7 Å². The van der Waals surface area contributed by atoms with Crippen LogP contribution in [-0.2, 0) is 15.6 Å². The summed E-state index contributed by atoms with van der Waals surface area (Å²) in [7, 11) is -3.07. The number of hydrogen-bond acceptors (Lipinski definition) is 6. The van der Waals surface area contributed by atoms with Gasteiger partial charge in [-0.2, -0.15) is 0 Å². The lowest BCUT2D eigenvalue weighted by atomic mass is 9.73. The van der Waals surface area contributed by atoms with Gasteiger partial charge in [0.25, 0.3) is 0 Å². The monoisotopic (exact) mass is 342 g/mol. The van der Waals surface area contributed by atoms with Crippen molar-refractivity contribution >= 4 is 15.7 Å². The summed E-state index contributed by atoms with van der Waals surface area (Å²) in [5.41, 5.74) is 0.242. The van der Waals surface area contributed by atoms with Gasteiger partial charge in [0, 0.05) is 31.0 Å². The molecule has 0 bridgehead atoms. The van der Waals surface area contributed by atoms with E-state index in [0.29, 0.717) is 18.5 Å². The third kappa shape index (κ3) is 4.43. The molecule has 1 fully saturated rings. The molecular weight excluding hydrogens is 316 g/mol. The average Bonchev–Trinajstić information content (AvgIpc) is 2.49. The molecule has 0 aliphatic carbocycles. The third-order valence-electron chi connectivity index (χ3n) is 4.60. The molecule has 1 aliphatic heterocycles. The molecule has 2 heterocycles. The van der Waals surface area contributed by atoms with Crippen LogP contribution in [-0.4, -0.2) is 55.7 Å². The number of pyridine rings is 1. The first-order chi connectivity index (χ1) is 10.8. The van der Waals surface area contributed by atoms with E-state index in [0.717, 1.165) is 25.2 Å². The Morgan fingerprint density at radius 1 is 1.43 bits per heavy atom. The number of aliphatic hydroxyl groups is 2. The second-order valence-corrected chi connectivity index (χ2v) is 8.72. The van der Waals surface area contributed by atoms with Crippen LogP contribution in [0.15, 0.2) is 18.3 Å². The maximum atomic E-state index is 11.3. The van der Waals surface area contributed by atoms with E-state index in [-0.39, 0.29) is 12.4 Å². The van der Waals surface area contributed by atoms with Gasteiger partial charge >= 0.3 is 0 Å². The number of β-amino-alcohol motifs (C(OH)–C–C–N with tert-alkyl or cyclic N) is 1. The van der Waals surface area contributed by atoms with Crippen molar-refractivity contribution in [1.29, 1.82) is 0 Å². The molecule has 7 heteroatoms. The molecule has 0 saturated carbocycles. The van der Waals surface area contributed by atoms with Crippen molar-refractivity contribution < 1.29 is 18.6 Å². The second kappa shape index (κ2) is 7.15. The maximum absolute atomic E-state index is 11.3. The van der Waals surface area contributed by atoms with Crippen molar-refractivity contribution in [2.45, 2.75) is 38.0 Å². The largest absolute Gasteiger partial charge is 0.396 e. The minimum absolute atomic E-state index is 0.00340. The predicted octanol–water partition coefficient (Wildman–Crippen LogP) is 0.976. The van der Waals surface area contributed by atoms with Crippen LogP contribution in [0.3, 0.4) is 0 Å². The number of hydrogen-bond donors (Lipinski definition) is 2. The van der Waals surface area contributed by atoms with Gasteiger partial charge in [-0.25, -0.2) is 13.4 Å². The minimum atomic E-state index is -3.07. The fourth-order valence-electron chi connectivity index (χ4n) is 3.27. The van der Waals surface area contributed by atoms with Crippen LogP contribution >= 0.6 is 0 Å². The molecule has 1 aromatic heterocycles. The van der Waals surface area contributed by atoms with Gasteiger partial charge in [0.05, 0.1) is 18.5 Å². The Hall–Kier alpha value is -1.18. The van der Waals surface area contributed by atoms with Gasteiger partial charge in [0.2, 0.25) is 0 Å². The molecule has 1 aliphatic rings. The number of nitrogens with zero attached hydrogens (tertiary/aromatic N) is 2. The van der Waals surface area contributed by atoms with E-state index in [9.17, 15) is 18.6 Å². The molecule has 2 atom stereocenters. The van der Waals surface area contributed by atoms with Gasteiger partial charge < -0.3 is 15.1 Å². The standard InChI is InChI=1S/C16H26N2O4S/c1-3-6-16(12-19)7-8-18(10-14(16)20)15-5-4-13(9-17-15)11-23(2,21)22/h4-5,9,14,19-20H,3,6-8,10-12H2,1-2H3/t14-,16+/m0/s1. The number of rotatable bonds is 6. The van der Waals surface area contributed by atoms with Crippen LogP contribution in [0.1, 0.15) is 31.7 Å². The van der Waals surface area contributed by atoms with Crippen molar-refractivity contribution in [2.75, 3.05) is 30.9 Å². The predicted molar refractivity (Wildman–Crippen MR) is 90.0 cm³/mol. The first-order valence-electron chi connectivity index (χ1n) is 7.96. The zero-order chi connectivity index (χ0) is 17.1. The number of aliphatic hydroxyl groups excluding tert-OH is 2. The summed E-state index contributed by atoms with van der Waals surface area (Å²) in [6.45, 7) is 3.20. The van der Waals surface area contributed by atoms with E-state index >= 15 is 0 Å². The quantitative estimate of drug-likeness (QED) is 0.801. The Kier molecular flexibility index (Phi) is 5.65. The van der Waals surface area contributed by atoms with Crippen molar-refractivity contribution in [3.05, 3.63) is 23.9 Å². The van der Waals surface area contributed by atoms with E-state index in [4.69, 9.17) is 0 Å². The van der Waals surface area contributed by atoms with Gasteiger partial charge in [0.1, 0.15) is 5.82 Å². The average molecular weight is 342 g/mol. The van der Waals surface area contributed by atoms with Crippen molar-refractivity contribution in [3.63, 3.8) is 0 Å². The molecular formula is C16H26N2O4S. The Labute approximate surface area is 138 Å². The summed E-state index contributed by atoms with van der Waals surface area (Å²) in [5.74, 6) is 0.705. The highest BCUT2D eigenvalue weighted by Gasteiger charge is 2.41. The highest BCUT2D eigenvalue weighted by molar-refractivity contribution is 7.89. The zero-order valence-corrected chi connectivity index (χ0v) is 14.6. The molecule has 1 aromatic rings. The van der Waals surface area contributed by atoms with Crippen LogP contribution in [0, 0.1) is 5.41 Å². The van der Waals surface area contributed by atoms with Crippen molar-refractivity contribution in [3.8, 4) is 0 Å². The van der Waals surface area contributed by atoms with Gasteiger partial charge in [-0.3, -0.25) is 0 Å². The molecule has 1 saturated heterocycles. The first-order valence-corrected chi connectivity index (χ1v) is 10.0. The van der Waals surface area contributed by atoms with Gasteiger partial charge in [0.15, 0.2) is 9.84 Å². The molecule has 23 heavy (non-hydrogen) atoms. The van der Waals surface area contributed by atoms with E-state index < -0.39 is 21.4 Å². The summed E-state index contributed by atoms with van der Waals surface area (Å²) in [5, 5.41) is 20.2. The first kappa shape index (κ1) is 18.2. The lowest BCUT2D eigenvalue weighted by molar-refractivity contribution is -0.0372. The Balaban J connectivity index is 2.07. The fourth-order valence-corrected chi connectivity index (χ4v) is 4.05. The number of piperidine rings is 1. The maximum Gasteiger partial charge on any atom is 0.151 e. The molecule has 130 valence electrons. The van der Waals surface area contributed by atoms with Gasteiger partial charge in [-0.15, -0.1) is 0 Å². The number of sulfone groups is 1. The van der Waals surface area contributed by atoms with E-state index in [1.807, 2.05) is 4.90 Å². The van der Waals surface area contributed by atoms with Crippen molar-refractivity contribution in [1.82, 2.24) is 4.98 Å². The lowest BCUT2D eigenvalue weighted by Crippen LogP contribution is -2.53. The van der Waals surface area contributed by atoms with Gasteiger partial charge in [-0.05, 0) is 24.5 Å². The van der Waals surface area contributed by atoms with Crippen LogP contribution in [0.4, 0.5) is 5.82 Å². The summed E-state index contributed by atoms with van der Waals surface area (Å²) in [6.07, 6.45) is 4.62. The molecule has 0 unspecified atom stereocenters. The second-order valence-electron chi connectivity index (χ2n) is 6.58. The number of aromatic nitrogens is 1. The summed E-state index contributed by atoms with van der Waals surface area (Å²) in [6, 6.07) is 3.55. The molecule has 0 spiro atoms. The Bertz CT molecular complexity index is 617. The van der Waals surface area contributed by atoms with E-state index in [2.05, 4.69) is 11.9 Å². The summed E-state index contributed by atoms with van der Waals surface area (Å²) < 4.78 is 22.6. The Morgan fingerprint density at radius 2 is 2.17 bits per heavy atom.